The molecule has 3 aromatic carbocycles. The van der Waals surface area contributed by atoms with Crippen LogP contribution in [-0.2, 0) is 13.0 Å². The molecular weight excluding hydrogens is 280 g/mol. The van der Waals surface area contributed by atoms with Crippen LogP contribution in [-0.4, -0.2) is 0 Å². The van der Waals surface area contributed by atoms with E-state index in [0.717, 1.165) is 18.7 Å². The molecule has 2 N–H and O–H groups in total. The minimum absolute atomic E-state index is 0.774. The topological polar surface area (TPSA) is 24.1 Å². The number of hydrogen-bond acceptors (Lipinski definition) is 2. The van der Waals surface area contributed by atoms with E-state index in [1.807, 2.05) is 30.3 Å². The molecule has 0 aliphatic rings. The van der Waals surface area contributed by atoms with Crippen LogP contribution in [0.2, 0.25) is 0 Å². The molecule has 0 heterocycles. The third-order valence-electron chi connectivity index (χ3n) is 3.92. The lowest BCUT2D eigenvalue weighted by Gasteiger charge is -2.10. The van der Waals surface area contributed by atoms with Gasteiger partial charge in [0.2, 0.25) is 0 Å². The number of aryl methyl sites for hydroxylation is 1. The van der Waals surface area contributed by atoms with E-state index in [2.05, 4.69) is 66.3 Å². The van der Waals surface area contributed by atoms with Crippen molar-refractivity contribution >= 4 is 5.69 Å². The van der Waals surface area contributed by atoms with E-state index in [0.29, 0.717) is 0 Å². The fourth-order valence-corrected chi connectivity index (χ4v) is 2.56. The van der Waals surface area contributed by atoms with Gasteiger partial charge in [0.15, 0.2) is 0 Å². The summed E-state index contributed by atoms with van der Waals surface area (Å²) >= 11 is 0. The SMILES string of the molecule is CCc1ccc(-c2cccc(CNNc3ccccc3)c2)cc1. The van der Waals surface area contributed by atoms with E-state index in [9.17, 15) is 0 Å². The molecular formula is C21H22N2. The first-order valence-electron chi connectivity index (χ1n) is 8.07. The van der Waals surface area contributed by atoms with Gasteiger partial charge in [0.1, 0.15) is 0 Å². The Balaban J connectivity index is 1.64. The minimum atomic E-state index is 0.774. The van der Waals surface area contributed by atoms with Gasteiger partial charge in [-0.2, -0.15) is 0 Å². The molecule has 0 saturated heterocycles. The van der Waals surface area contributed by atoms with E-state index >= 15 is 0 Å². The van der Waals surface area contributed by atoms with E-state index in [4.69, 9.17) is 0 Å². The second-order valence-corrected chi connectivity index (χ2v) is 5.60. The first-order valence-corrected chi connectivity index (χ1v) is 8.07. The molecule has 23 heavy (non-hydrogen) atoms. The van der Waals surface area contributed by atoms with E-state index < -0.39 is 0 Å². The predicted molar refractivity (Wildman–Crippen MR) is 98.2 cm³/mol. The Labute approximate surface area is 138 Å². The fourth-order valence-electron chi connectivity index (χ4n) is 2.56. The van der Waals surface area contributed by atoms with Gasteiger partial charge in [0.05, 0.1) is 0 Å². The van der Waals surface area contributed by atoms with Crippen molar-refractivity contribution in [2.24, 2.45) is 0 Å². The molecule has 0 spiro atoms. The van der Waals surface area contributed by atoms with E-state index in [1.165, 1.54) is 22.3 Å². The summed E-state index contributed by atoms with van der Waals surface area (Å²) in [5.74, 6) is 0. The molecule has 0 atom stereocenters. The summed E-state index contributed by atoms with van der Waals surface area (Å²) in [5, 5.41) is 0. The number of hydrogen-bond donors (Lipinski definition) is 2. The molecule has 0 bridgehead atoms. The highest BCUT2D eigenvalue weighted by molar-refractivity contribution is 5.64. The van der Waals surface area contributed by atoms with Crippen LogP contribution in [0.4, 0.5) is 5.69 Å². The van der Waals surface area contributed by atoms with Crippen LogP contribution >= 0.6 is 0 Å². The van der Waals surface area contributed by atoms with Crippen molar-refractivity contribution < 1.29 is 0 Å². The van der Waals surface area contributed by atoms with Crippen molar-refractivity contribution in [3.63, 3.8) is 0 Å². The largest absolute Gasteiger partial charge is 0.321 e. The average molecular weight is 302 g/mol. The molecule has 0 aliphatic carbocycles. The van der Waals surface area contributed by atoms with Crippen LogP contribution in [0.1, 0.15) is 18.1 Å². The number of benzene rings is 3. The maximum absolute atomic E-state index is 3.26. The highest BCUT2D eigenvalue weighted by atomic mass is 15.3. The first-order chi connectivity index (χ1) is 11.3. The Kier molecular flexibility index (Phi) is 5.07. The lowest BCUT2D eigenvalue weighted by Crippen LogP contribution is -2.20. The van der Waals surface area contributed by atoms with Crippen LogP contribution in [0.15, 0.2) is 78.9 Å². The van der Waals surface area contributed by atoms with E-state index in [1.54, 1.807) is 0 Å². The van der Waals surface area contributed by atoms with Crippen LogP contribution in [0.5, 0.6) is 0 Å². The number of rotatable bonds is 6. The molecule has 0 aromatic heterocycles. The summed E-state index contributed by atoms with van der Waals surface area (Å²) < 4.78 is 0. The zero-order chi connectivity index (χ0) is 15.9. The molecule has 2 nitrogen and oxygen atoms in total. The van der Waals surface area contributed by atoms with Crippen LogP contribution in [0.25, 0.3) is 11.1 Å². The normalized spacial score (nSPS) is 10.5. The Hall–Kier alpha value is -2.58. The van der Waals surface area contributed by atoms with Gasteiger partial charge < -0.3 is 5.43 Å². The second-order valence-electron chi connectivity index (χ2n) is 5.60. The molecule has 0 unspecified atom stereocenters. The summed E-state index contributed by atoms with van der Waals surface area (Å²) in [7, 11) is 0. The molecule has 116 valence electrons. The number of para-hydroxylation sites is 1. The van der Waals surface area contributed by atoms with Crippen molar-refractivity contribution in [3.05, 3.63) is 90.0 Å². The molecule has 2 heteroatoms. The Morgan fingerprint density at radius 3 is 2.22 bits per heavy atom. The molecule has 0 fully saturated rings. The number of nitrogens with one attached hydrogen (secondary N) is 2. The van der Waals surface area contributed by atoms with Gasteiger partial charge in [-0.1, -0.05) is 67.6 Å². The number of anilines is 1. The quantitative estimate of drug-likeness (QED) is 0.624. The van der Waals surface area contributed by atoms with Gasteiger partial charge in [-0.05, 0) is 46.9 Å². The van der Waals surface area contributed by atoms with Crippen molar-refractivity contribution in [2.75, 3.05) is 5.43 Å². The summed E-state index contributed by atoms with van der Waals surface area (Å²) in [6, 6.07) is 27.6. The predicted octanol–water partition coefficient (Wildman–Crippen LogP) is 5.03. The van der Waals surface area contributed by atoms with Gasteiger partial charge in [-0.3, -0.25) is 0 Å². The molecule has 0 radical (unpaired) electrons. The average Bonchev–Trinajstić information content (AvgIpc) is 2.63. The van der Waals surface area contributed by atoms with Crippen LogP contribution < -0.4 is 10.9 Å². The summed E-state index contributed by atoms with van der Waals surface area (Å²) in [4.78, 5) is 0. The van der Waals surface area contributed by atoms with Gasteiger partial charge in [0.25, 0.3) is 0 Å². The van der Waals surface area contributed by atoms with Gasteiger partial charge >= 0.3 is 0 Å². The lowest BCUT2D eigenvalue weighted by atomic mass is 10.0. The third-order valence-corrected chi connectivity index (χ3v) is 3.92. The fraction of sp³-hybridized carbons (Fsp3) is 0.143. The van der Waals surface area contributed by atoms with E-state index in [-0.39, 0.29) is 0 Å². The zero-order valence-electron chi connectivity index (χ0n) is 13.4. The first kappa shape index (κ1) is 15.3. The molecule has 3 rings (SSSR count). The Morgan fingerprint density at radius 2 is 1.48 bits per heavy atom. The Morgan fingerprint density at radius 1 is 0.696 bits per heavy atom. The summed E-state index contributed by atoms with van der Waals surface area (Å²) in [6.07, 6.45) is 1.08. The van der Waals surface area contributed by atoms with Crippen LogP contribution in [0, 0.1) is 0 Å². The van der Waals surface area contributed by atoms with Gasteiger partial charge in [-0.25, -0.2) is 5.43 Å². The molecule has 0 amide bonds. The lowest BCUT2D eigenvalue weighted by molar-refractivity contribution is 0.802. The van der Waals surface area contributed by atoms with Crippen molar-refractivity contribution in [1.82, 2.24) is 5.43 Å². The standard InChI is InChI=1S/C21H22N2/c1-2-17-11-13-19(14-12-17)20-8-6-7-18(15-20)16-22-23-21-9-4-3-5-10-21/h3-15,22-23H,2,16H2,1H3. The second kappa shape index (κ2) is 7.61. The molecule has 0 aliphatic heterocycles. The zero-order valence-corrected chi connectivity index (χ0v) is 13.4. The van der Waals surface area contributed by atoms with Crippen molar-refractivity contribution in [2.45, 2.75) is 19.9 Å². The molecule has 3 aromatic rings. The van der Waals surface area contributed by atoms with Crippen molar-refractivity contribution in [3.8, 4) is 11.1 Å². The van der Waals surface area contributed by atoms with Gasteiger partial charge in [0, 0.05) is 12.2 Å². The maximum Gasteiger partial charge on any atom is 0.0487 e. The minimum Gasteiger partial charge on any atom is -0.321 e. The highest BCUT2D eigenvalue weighted by Gasteiger charge is 2.00. The highest BCUT2D eigenvalue weighted by Crippen LogP contribution is 2.21. The smallest absolute Gasteiger partial charge is 0.0487 e. The summed E-state index contributed by atoms with van der Waals surface area (Å²) in [5.41, 5.74) is 12.7. The molecule has 0 saturated carbocycles. The summed E-state index contributed by atoms with van der Waals surface area (Å²) in [6.45, 7) is 2.96. The van der Waals surface area contributed by atoms with Gasteiger partial charge in [-0.15, -0.1) is 0 Å². The van der Waals surface area contributed by atoms with Crippen molar-refractivity contribution in [1.29, 1.82) is 0 Å². The monoisotopic (exact) mass is 302 g/mol. The maximum atomic E-state index is 3.26. The third kappa shape index (κ3) is 4.21. The Bertz CT molecular complexity index is 733. The van der Waals surface area contributed by atoms with Crippen LogP contribution in [0.3, 0.4) is 0 Å². The number of hydrazine groups is 1.